The van der Waals surface area contributed by atoms with Gasteiger partial charge in [-0.2, -0.15) is 0 Å². The van der Waals surface area contributed by atoms with E-state index < -0.39 is 11.6 Å². The van der Waals surface area contributed by atoms with Crippen LogP contribution in [0.5, 0.6) is 0 Å². The first-order chi connectivity index (χ1) is 11.5. The van der Waals surface area contributed by atoms with Gasteiger partial charge in [-0.3, -0.25) is 14.5 Å². The molecule has 1 saturated carbocycles. The van der Waals surface area contributed by atoms with Crippen LogP contribution in [0.2, 0.25) is 0 Å². The molecule has 25 heavy (non-hydrogen) atoms. The summed E-state index contributed by atoms with van der Waals surface area (Å²) >= 11 is 0. The Bertz CT molecular complexity index is 534. The number of nitrogens with two attached hydrogens (primary N) is 1. The molecule has 2 saturated heterocycles. The molecule has 2 heterocycles. The second kappa shape index (κ2) is 7.91. The van der Waals surface area contributed by atoms with E-state index >= 15 is 0 Å². The zero-order chi connectivity index (χ0) is 17.3. The van der Waals surface area contributed by atoms with Crippen molar-refractivity contribution in [3.8, 4) is 0 Å². The van der Waals surface area contributed by atoms with Crippen molar-refractivity contribution in [3.63, 3.8) is 0 Å². The van der Waals surface area contributed by atoms with Crippen LogP contribution in [0.15, 0.2) is 0 Å². The van der Waals surface area contributed by atoms with Gasteiger partial charge in [0.2, 0.25) is 5.91 Å². The number of halogens is 1. The van der Waals surface area contributed by atoms with Crippen molar-refractivity contribution in [3.05, 3.63) is 0 Å². The minimum Gasteiger partial charge on any atom is -0.337 e. The lowest BCUT2D eigenvalue weighted by Gasteiger charge is -2.34. The predicted octanol–water partition coefficient (Wildman–Crippen LogP) is 1.25. The lowest BCUT2D eigenvalue weighted by molar-refractivity contribution is -0.140. The molecule has 4 amide bonds. The number of nitrogens with one attached hydrogen (secondary N) is 1. The highest BCUT2D eigenvalue weighted by atomic mass is 35.5. The number of hydrogen-bond acceptors (Lipinski definition) is 4. The van der Waals surface area contributed by atoms with E-state index in [0.717, 1.165) is 37.0 Å². The van der Waals surface area contributed by atoms with Crippen LogP contribution in [0, 0.1) is 5.92 Å². The third-order valence-corrected chi connectivity index (χ3v) is 6.04. The van der Waals surface area contributed by atoms with Crippen LogP contribution in [-0.4, -0.2) is 58.9 Å². The van der Waals surface area contributed by atoms with Crippen LogP contribution >= 0.6 is 12.4 Å². The van der Waals surface area contributed by atoms with E-state index in [2.05, 4.69) is 12.2 Å². The van der Waals surface area contributed by atoms with Gasteiger partial charge in [0.1, 0.15) is 12.1 Å². The Morgan fingerprint density at radius 2 is 1.96 bits per heavy atom. The van der Waals surface area contributed by atoms with Crippen molar-refractivity contribution in [1.29, 1.82) is 0 Å². The zero-order valence-electron chi connectivity index (χ0n) is 14.8. The summed E-state index contributed by atoms with van der Waals surface area (Å²) in [7, 11) is 0. The third-order valence-electron chi connectivity index (χ3n) is 6.04. The van der Waals surface area contributed by atoms with Gasteiger partial charge in [-0.25, -0.2) is 4.79 Å². The minimum absolute atomic E-state index is 0. The number of carbonyl (C=O) groups is 3. The number of nitrogens with zero attached hydrogens (tertiary/aromatic N) is 2. The topological polar surface area (TPSA) is 95.7 Å². The molecule has 3 rings (SSSR count). The van der Waals surface area contributed by atoms with Crippen molar-refractivity contribution in [2.75, 3.05) is 19.6 Å². The monoisotopic (exact) mass is 372 g/mol. The molecule has 0 aromatic rings. The number of carbonyl (C=O) groups excluding carboxylic acids is 3. The SMILES string of the molecule is CCC1CCC2(CC1)NC(=O)N(CC(=O)N1CCCC1CN)C2=O.Cl. The van der Waals surface area contributed by atoms with Crippen LogP contribution < -0.4 is 11.1 Å². The van der Waals surface area contributed by atoms with E-state index in [-0.39, 0.29) is 36.8 Å². The molecule has 142 valence electrons. The van der Waals surface area contributed by atoms with Gasteiger partial charge in [0, 0.05) is 19.1 Å². The quantitative estimate of drug-likeness (QED) is 0.726. The molecule has 0 aromatic heterocycles. The summed E-state index contributed by atoms with van der Waals surface area (Å²) in [6.45, 7) is 3.08. The molecule has 0 aromatic carbocycles. The van der Waals surface area contributed by atoms with Gasteiger partial charge in [0.25, 0.3) is 5.91 Å². The first-order valence-electron chi connectivity index (χ1n) is 9.14. The molecule has 1 aliphatic carbocycles. The summed E-state index contributed by atoms with van der Waals surface area (Å²) in [5.41, 5.74) is 4.93. The Hall–Kier alpha value is -1.34. The van der Waals surface area contributed by atoms with Crippen LogP contribution in [0.25, 0.3) is 0 Å². The third kappa shape index (κ3) is 3.62. The molecular weight excluding hydrogens is 344 g/mol. The highest BCUT2D eigenvalue weighted by Gasteiger charge is 2.52. The minimum atomic E-state index is -0.776. The molecule has 2 aliphatic heterocycles. The van der Waals surface area contributed by atoms with Gasteiger partial charge in [0.15, 0.2) is 0 Å². The molecule has 1 atom stereocenters. The number of amides is 4. The van der Waals surface area contributed by atoms with Crippen molar-refractivity contribution in [2.45, 2.75) is 63.5 Å². The van der Waals surface area contributed by atoms with Crippen LogP contribution in [0.4, 0.5) is 4.79 Å². The summed E-state index contributed by atoms with van der Waals surface area (Å²) in [4.78, 5) is 40.5. The van der Waals surface area contributed by atoms with E-state index in [1.165, 1.54) is 0 Å². The maximum atomic E-state index is 12.8. The highest BCUT2D eigenvalue weighted by molar-refractivity contribution is 6.09. The van der Waals surface area contributed by atoms with Crippen molar-refractivity contribution >= 4 is 30.3 Å². The Morgan fingerprint density at radius 1 is 1.28 bits per heavy atom. The zero-order valence-corrected chi connectivity index (χ0v) is 15.6. The molecule has 1 unspecified atom stereocenters. The average molecular weight is 373 g/mol. The van der Waals surface area contributed by atoms with Gasteiger partial charge >= 0.3 is 6.03 Å². The number of likely N-dealkylation sites (tertiary alicyclic amines) is 1. The summed E-state index contributed by atoms with van der Waals surface area (Å²) < 4.78 is 0. The molecule has 1 spiro atoms. The van der Waals surface area contributed by atoms with E-state index in [1.54, 1.807) is 4.90 Å². The Kier molecular flexibility index (Phi) is 6.32. The van der Waals surface area contributed by atoms with Gasteiger partial charge in [0.05, 0.1) is 0 Å². The van der Waals surface area contributed by atoms with E-state index in [1.807, 2.05) is 0 Å². The normalized spacial score (nSPS) is 32.1. The van der Waals surface area contributed by atoms with E-state index in [9.17, 15) is 14.4 Å². The number of urea groups is 1. The molecule has 0 radical (unpaired) electrons. The Morgan fingerprint density at radius 3 is 2.56 bits per heavy atom. The average Bonchev–Trinajstić information content (AvgIpc) is 3.15. The number of rotatable bonds is 4. The number of hydrogen-bond donors (Lipinski definition) is 2. The molecule has 3 N–H and O–H groups in total. The standard InChI is InChI=1S/C17H28N4O3.ClH/c1-2-12-5-7-17(8-6-12)15(23)21(16(24)19-17)11-14(22)20-9-3-4-13(20)10-18;/h12-13H,2-11,18H2,1H3,(H,19,24);1H. The molecule has 3 fully saturated rings. The summed E-state index contributed by atoms with van der Waals surface area (Å²) in [6, 6.07) is -0.390. The molecule has 3 aliphatic rings. The fourth-order valence-corrected chi connectivity index (χ4v) is 4.37. The first kappa shape index (κ1) is 20.0. The molecular formula is C17H29ClN4O3. The molecule has 0 bridgehead atoms. The molecule has 7 nitrogen and oxygen atoms in total. The second-order valence-electron chi connectivity index (χ2n) is 7.37. The van der Waals surface area contributed by atoms with Gasteiger partial charge in [-0.1, -0.05) is 13.3 Å². The summed E-state index contributed by atoms with van der Waals surface area (Å²) in [6.07, 6.45) is 6.18. The smallest absolute Gasteiger partial charge is 0.325 e. The molecule has 8 heteroatoms. The first-order valence-corrected chi connectivity index (χ1v) is 9.14. The van der Waals surface area contributed by atoms with Crippen LogP contribution in [-0.2, 0) is 9.59 Å². The van der Waals surface area contributed by atoms with Crippen LogP contribution in [0.1, 0.15) is 51.9 Å². The fraction of sp³-hybridized carbons (Fsp3) is 0.824. The summed E-state index contributed by atoms with van der Waals surface area (Å²) in [5, 5.41) is 2.88. The Labute approximate surface area is 155 Å². The maximum Gasteiger partial charge on any atom is 0.325 e. The van der Waals surface area contributed by atoms with Crippen LogP contribution in [0.3, 0.4) is 0 Å². The summed E-state index contributed by atoms with van der Waals surface area (Å²) in [5.74, 6) is 0.232. The van der Waals surface area contributed by atoms with E-state index in [4.69, 9.17) is 5.73 Å². The van der Waals surface area contributed by atoms with E-state index in [0.29, 0.717) is 31.8 Å². The second-order valence-corrected chi connectivity index (χ2v) is 7.37. The van der Waals surface area contributed by atoms with Crippen molar-refractivity contribution < 1.29 is 14.4 Å². The predicted molar refractivity (Wildman–Crippen MR) is 96.3 cm³/mol. The van der Waals surface area contributed by atoms with Crippen molar-refractivity contribution in [2.24, 2.45) is 11.7 Å². The van der Waals surface area contributed by atoms with Gasteiger partial charge < -0.3 is 16.0 Å². The Balaban J connectivity index is 0.00000225. The van der Waals surface area contributed by atoms with Gasteiger partial charge in [-0.05, 0) is 44.4 Å². The fourth-order valence-electron chi connectivity index (χ4n) is 4.37. The van der Waals surface area contributed by atoms with Crippen molar-refractivity contribution in [1.82, 2.24) is 15.1 Å². The maximum absolute atomic E-state index is 12.8. The lowest BCUT2D eigenvalue weighted by Crippen LogP contribution is -2.50. The number of imide groups is 1. The van der Waals surface area contributed by atoms with Gasteiger partial charge in [-0.15, -0.1) is 12.4 Å². The largest absolute Gasteiger partial charge is 0.337 e. The lowest BCUT2D eigenvalue weighted by atomic mass is 9.75. The highest BCUT2D eigenvalue weighted by Crippen LogP contribution is 2.37.